The maximum Gasteiger partial charge on any atom is 0.222 e. The van der Waals surface area contributed by atoms with Crippen LogP contribution in [-0.4, -0.2) is 59.3 Å². The Balaban J connectivity index is 1.08. The second-order valence-corrected chi connectivity index (χ2v) is 19.1. The van der Waals surface area contributed by atoms with Crippen LogP contribution in [0.3, 0.4) is 0 Å². The fourth-order valence-corrected chi connectivity index (χ4v) is 12.6. The zero-order valence-corrected chi connectivity index (χ0v) is 35.4. The lowest BCUT2D eigenvalue weighted by Gasteiger charge is -2.64. The topological polar surface area (TPSA) is 89.9 Å². The largest absolute Gasteiger partial charge is 0.393 e. The van der Waals surface area contributed by atoms with Gasteiger partial charge in [-0.05, 0) is 136 Å². The number of carbonyl (C=O) groups is 2. The fraction of sp³-hybridized carbons (Fsp3) is 0.915. The number of hydrogen-bond donors (Lipinski definition) is 3. The van der Waals surface area contributed by atoms with E-state index in [0.717, 1.165) is 44.9 Å². The summed E-state index contributed by atoms with van der Waals surface area (Å²) in [6.45, 7) is 13.0. The van der Waals surface area contributed by atoms with Crippen molar-refractivity contribution in [1.29, 1.82) is 0 Å². The summed E-state index contributed by atoms with van der Waals surface area (Å²) in [6.07, 6.45) is 31.4. The Bertz CT molecular complexity index is 1130. The second-order valence-electron chi connectivity index (χ2n) is 19.1. The molecule has 0 aromatic carbocycles. The van der Waals surface area contributed by atoms with Gasteiger partial charge in [0.2, 0.25) is 11.8 Å². The van der Waals surface area contributed by atoms with Crippen LogP contribution in [0.15, 0.2) is 12.2 Å². The van der Waals surface area contributed by atoms with Gasteiger partial charge >= 0.3 is 0 Å². The van der Waals surface area contributed by atoms with Gasteiger partial charge in [0.25, 0.3) is 0 Å². The summed E-state index contributed by atoms with van der Waals surface area (Å²) in [6, 6.07) is 0. The minimum Gasteiger partial charge on any atom is -0.393 e. The number of aliphatic hydroxyl groups excluding tert-OH is 2. The second kappa shape index (κ2) is 21.8. The molecule has 1 unspecified atom stereocenters. The Hall–Kier alpha value is -1.40. The lowest BCUT2D eigenvalue weighted by Crippen LogP contribution is -2.62. The van der Waals surface area contributed by atoms with Gasteiger partial charge in [-0.25, -0.2) is 0 Å². The van der Waals surface area contributed by atoms with E-state index in [-0.39, 0.29) is 34.9 Å². The zero-order valence-electron chi connectivity index (χ0n) is 35.4. The molecule has 6 heteroatoms. The SMILES string of the molecule is CCCCCCCC/C=C\CCCCCCCC(=O)N(C)CCNC(=O)CC[C@@H](C)C1CC[C@H]2[C@@H]3[C@H](O)[C@H](CC)[C@@H]4C[C@H](O)CC[C@]4(C)[C@H]3CC[C@]12C. The minimum absolute atomic E-state index is 0.102. The molecule has 0 aliphatic heterocycles. The van der Waals surface area contributed by atoms with Gasteiger partial charge in [-0.2, -0.15) is 0 Å². The highest BCUT2D eigenvalue weighted by Gasteiger charge is 2.64. The molecule has 0 heterocycles. The highest BCUT2D eigenvalue weighted by molar-refractivity contribution is 5.77. The molecule has 2 amide bonds. The van der Waals surface area contributed by atoms with Crippen molar-refractivity contribution in [3.05, 3.63) is 12.2 Å². The maximum atomic E-state index is 12.9. The average molecular weight is 741 g/mol. The Morgan fingerprint density at radius 3 is 2.09 bits per heavy atom. The number of nitrogens with one attached hydrogen (secondary N) is 1. The van der Waals surface area contributed by atoms with E-state index in [2.05, 4.69) is 52.1 Å². The number of fused-ring (bicyclic) bond motifs is 5. The summed E-state index contributed by atoms with van der Waals surface area (Å²) in [4.78, 5) is 27.4. The van der Waals surface area contributed by atoms with Gasteiger partial charge in [0, 0.05) is 33.0 Å². The van der Waals surface area contributed by atoms with E-state index in [9.17, 15) is 19.8 Å². The molecule has 0 aromatic rings. The molecule has 0 spiro atoms. The molecule has 4 rings (SSSR count). The molecule has 306 valence electrons. The van der Waals surface area contributed by atoms with E-state index in [0.29, 0.717) is 67.4 Å². The van der Waals surface area contributed by atoms with E-state index in [4.69, 9.17) is 0 Å². The van der Waals surface area contributed by atoms with Crippen LogP contribution in [-0.2, 0) is 9.59 Å². The number of likely N-dealkylation sites (N-methyl/N-ethyl adjacent to an activating group) is 1. The molecule has 4 aliphatic carbocycles. The molecule has 53 heavy (non-hydrogen) atoms. The molecule has 0 radical (unpaired) electrons. The molecule has 4 fully saturated rings. The molecular weight excluding hydrogens is 657 g/mol. The zero-order chi connectivity index (χ0) is 38.4. The normalized spacial score (nSPS) is 34.3. The van der Waals surface area contributed by atoms with Gasteiger partial charge < -0.3 is 20.4 Å². The van der Waals surface area contributed by atoms with E-state index in [1.54, 1.807) is 4.90 Å². The number of carbonyl (C=O) groups excluding carboxylic acids is 2. The lowest BCUT2D eigenvalue weighted by molar-refractivity contribution is -0.203. The van der Waals surface area contributed by atoms with Gasteiger partial charge in [-0.1, -0.05) is 105 Å². The molecule has 0 bridgehead atoms. The third-order valence-electron chi connectivity index (χ3n) is 15.8. The number of amides is 2. The fourth-order valence-electron chi connectivity index (χ4n) is 12.6. The Morgan fingerprint density at radius 2 is 1.42 bits per heavy atom. The van der Waals surface area contributed by atoms with Crippen molar-refractivity contribution in [3.8, 4) is 0 Å². The molecule has 3 N–H and O–H groups in total. The first kappa shape index (κ1) is 44.3. The molecule has 4 saturated carbocycles. The molecule has 0 aromatic heterocycles. The number of allylic oxidation sites excluding steroid dienone is 2. The standard InChI is InChI=1S/C47H84N2O4/c1-7-9-10-11-12-13-14-15-16-17-18-19-20-21-22-23-43(52)49(6)33-32-48-42(51)27-24-35(3)38-25-26-39-44-40(29-31-46(38,39)4)47(5)30-28-36(50)34-41(47)37(8-2)45(44)53/h15-16,35-41,44-45,50,53H,7-14,17-34H2,1-6H3,(H,48,51)/b16-15-/t35-,36-,37-,38?,39+,40+,41+,44+,45-,46-,47-/m1/s1. The van der Waals surface area contributed by atoms with E-state index >= 15 is 0 Å². The number of aliphatic hydroxyl groups is 2. The maximum absolute atomic E-state index is 12.9. The van der Waals surface area contributed by atoms with Crippen LogP contribution in [0.25, 0.3) is 0 Å². The predicted molar refractivity (Wildman–Crippen MR) is 220 cm³/mol. The number of rotatable bonds is 23. The highest BCUT2D eigenvalue weighted by Crippen LogP contribution is 2.69. The molecule has 0 saturated heterocycles. The van der Waals surface area contributed by atoms with Crippen molar-refractivity contribution in [1.82, 2.24) is 10.2 Å². The first-order valence-corrected chi connectivity index (χ1v) is 23.0. The van der Waals surface area contributed by atoms with Crippen molar-refractivity contribution in [2.45, 2.75) is 201 Å². The quantitative estimate of drug-likeness (QED) is 0.0719. The Kier molecular flexibility index (Phi) is 18.2. The van der Waals surface area contributed by atoms with Crippen LogP contribution in [0.4, 0.5) is 0 Å². The van der Waals surface area contributed by atoms with E-state index in [1.807, 2.05) is 7.05 Å². The number of nitrogens with zero attached hydrogens (tertiary/aromatic N) is 1. The third-order valence-corrected chi connectivity index (χ3v) is 15.8. The Morgan fingerprint density at radius 1 is 0.792 bits per heavy atom. The van der Waals surface area contributed by atoms with Gasteiger partial charge in [0.05, 0.1) is 12.2 Å². The lowest BCUT2D eigenvalue weighted by atomic mass is 9.41. The molecule has 11 atom stereocenters. The van der Waals surface area contributed by atoms with Crippen molar-refractivity contribution in [2.24, 2.45) is 52.3 Å². The smallest absolute Gasteiger partial charge is 0.222 e. The number of hydrogen-bond acceptors (Lipinski definition) is 4. The van der Waals surface area contributed by atoms with Gasteiger partial charge in [0.1, 0.15) is 0 Å². The summed E-state index contributed by atoms with van der Waals surface area (Å²) in [7, 11) is 1.87. The van der Waals surface area contributed by atoms with Crippen molar-refractivity contribution in [2.75, 3.05) is 20.1 Å². The van der Waals surface area contributed by atoms with Crippen LogP contribution in [0, 0.1) is 52.3 Å². The van der Waals surface area contributed by atoms with Gasteiger partial charge in [-0.3, -0.25) is 9.59 Å². The van der Waals surface area contributed by atoms with Gasteiger partial charge in [-0.15, -0.1) is 0 Å². The van der Waals surface area contributed by atoms with Crippen molar-refractivity contribution in [3.63, 3.8) is 0 Å². The average Bonchev–Trinajstić information content (AvgIpc) is 3.50. The summed E-state index contributed by atoms with van der Waals surface area (Å²) in [5, 5.41) is 25.7. The van der Waals surface area contributed by atoms with Crippen LogP contribution in [0.2, 0.25) is 0 Å². The Labute approximate surface area is 326 Å². The van der Waals surface area contributed by atoms with Crippen molar-refractivity contribution >= 4 is 11.8 Å². The van der Waals surface area contributed by atoms with Crippen LogP contribution < -0.4 is 5.32 Å². The first-order valence-electron chi connectivity index (χ1n) is 23.0. The van der Waals surface area contributed by atoms with Crippen LogP contribution >= 0.6 is 0 Å². The van der Waals surface area contributed by atoms with E-state index in [1.165, 1.54) is 96.3 Å². The summed E-state index contributed by atoms with van der Waals surface area (Å²) >= 11 is 0. The highest BCUT2D eigenvalue weighted by atomic mass is 16.3. The molecule has 6 nitrogen and oxygen atoms in total. The van der Waals surface area contributed by atoms with Crippen molar-refractivity contribution < 1.29 is 19.8 Å². The van der Waals surface area contributed by atoms with Crippen LogP contribution in [0.5, 0.6) is 0 Å². The van der Waals surface area contributed by atoms with Crippen LogP contribution in [0.1, 0.15) is 189 Å². The van der Waals surface area contributed by atoms with E-state index < -0.39 is 0 Å². The minimum atomic E-state index is -0.259. The van der Waals surface area contributed by atoms with Gasteiger partial charge in [0.15, 0.2) is 0 Å². The number of unbranched alkanes of at least 4 members (excludes halogenated alkanes) is 11. The molecular formula is C47H84N2O4. The first-order chi connectivity index (χ1) is 25.5. The summed E-state index contributed by atoms with van der Waals surface area (Å²) < 4.78 is 0. The third kappa shape index (κ3) is 11.6. The monoisotopic (exact) mass is 741 g/mol. The summed E-state index contributed by atoms with van der Waals surface area (Å²) in [5.41, 5.74) is 0.455. The summed E-state index contributed by atoms with van der Waals surface area (Å²) in [5.74, 6) is 3.55. The predicted octanol–water partition coefficient (Wildman–Crippen LogP) is 10.6. The molecule has 4 aliphatic rings.